The first kappa shape index (κ1) is 6.93. The first-order valence-corrected chi connectivity index (χ1v) is 4.93. The van der Waals surface area contributed by atoms with Crippen LogP contribution in [-0.2, 0) is 4.79 Å². The third-order valence-electron chi connectivity index (χ3n) is 4.67. The minimum Gasteiger partial charge on any atom is -0.481 e. The molecule has 3 aliphatic carbocycles. The number of hydrogen-bond acceptors (Lipinski definition) is 1. The van der Waals surface area contributed by atoms with Crippen LogP contribution in [0, 0.1) is 16.7 Å². The summed E-state index contributed by atoms with van der Waals surface area (Å²) in [6.07, 6.45) is 7.35. The van der Waals surface area contributed by atoms with Crippen molar-refractivity contribution in [2.24, 2.45) is 16.7 Å². The standard InChI is InChI=1S/C10H14O2/c11-8(12)7-5-9-3-1-2-4-10(7,9)6-9/h7H,1-6H2,(H,11,12)/t7-,9+,10+/m0/s1. The lowest BCUT2D eigenvalue weighted by Crippen LogP contribution is -2.43. The van der Waals surface area contributed by atoms with Gasteiger partial charge in [-0.25, -0.2) is 0 Å². The number of carbonyl (C=O) groups is 1. The summed E-state index contributed by atoms with van der Waals surface area (Å²) in [5.74, 6) is -0.511. The van der Waals surface area contributed by atoms with E-state index in [2.05, 4.69) is 0 Å². The molecule has 1 N–H and O–H groups in total. The molecule has 0 unspecified atom stereocenters. The van der Waals surface area contributed by atoms with E-state index in [1.165, 1.54) is 32.1 Å². The smallest absolute Gasteiger partial charge is 0.307 e. The Balaban J connectivity index is 1.87. The molecule has 3 saturated carbocycles. The predicted octanol–water partition coefficient (Wildman–Crippen LogP) is 2.04. The van der Waals surface area contributed by atoms with Gasteiger partial charge in [-0.3, -0.25) is 4.79 Å². The minimum absolute atomic E-state index is 0.0257. The van der Waals surface area contributed by atoms with Crippen molar-refractivity contribution in [2.75, 3.05) is 0 Å². The lowest BCUT2D eigenvalue weighted by atomic mass is 9.59. The second-order valence-electron chi connectivity index (χ2n) is 4.92. The molecular weight excluding hydrogens is 152 g/mol. The number of aliphatic carboxylic acids is 1. The maximum absolute atomic E-state index is 10.9. The second-order valence-corrected chi connectivity index (χ2v) is 4.92. The van der Waals surface area contributed by atoms with E-state index >= 15 is 0 Å². The summed E-state index contributed by atoms with van der Waals surface area (Å²) in [6, 6.07) is 0. The van der Waals surface area contributed by atoms with Gasteiger partial charge in [-0.2, -0.15) is 0 Å². The van der Waals surface area contributed by atoms with E-state index in [-0.39, 0.29) is 5.92 Å². The van der Waals surface area contributed by atoms with Crippen LogP contribution < -0.4 is 0 Å². The molecule has 0 aromatic heterocycles. The molecule has 3 atom stereocenters. The quantitative estimate of drug-likeness (QED) is 0.647. The van der Waals surface area contributed by atoms with Crippen molar-refractivity contribution in [3.63, 3.8) is 0 Å². The third kappa shape index (κ3) is 0.511. The molecule has 0 bridgehead atoms. The molecule has 12 heavy (non-hydrogen) atoms. The second kappa shape index (κ2) is 1.70. The fraction of sp³-hybridized carbons (Fsp3) is 0.900. The molecule has 3 rings (SSSR count). The summed E-state index contributed by atoms with van der Waals surface area (Å²) in [5.41, 5.74) is 0.839. The largest absolute Gasteiger partial charge is 0.481 e. The fourth-order valence-electron chi connectivity index (χ4n) is 3.98. The zero-order chi connectivity index (χ0) is 8.40. The zero-order valence-electron chi connectivity index (χ0n) is 7.18. The van der Waals surface area contributed by atoms with Gasteiger partial charge in [0.25, 0.3) is 0 Å². The first-order valence-electron chi connectivity index (χ1n) is 4.93. The van der Waals surface area contributed by atoms with Crippen molar-refractivity contribution >= 4 is 5.97 Å². The Morgan fingerprint density at radius 3 is 2.75 bits per heavy atom. The van der Waals surface area contributed by atoms with Crippen LogP contribution in [0.4, 0.5) is 0 Å². The van der Waals surface area contributed by atoms with Gasteiger partial charge in [0.15, 0.2) is 0 Å². The average molecular weight is 166 g/mol. The van der Waals surface area contributed by atoms with Crippen LogP contribution >= 0.6 is 0 Å². The van der Waals surface area contributed by atoms with Gasteiger partial charge in [0.2, 0.25) is 0 Å². The maximum atomic E-state index is 10.9. The van der Waals surface area contributed by atoms with Crippen molar-refractivity contribution in [1.82, 2.24) is 0 Å². The summed E-state index contributed by atoms with van der Waals surface area (Å²) in [5, 5.41) is 8.96. The molecule has 0 saturated heterocycles. The Kier molecular flexibility index (Phi) is 0.984. The lowest BCUT2D eigenvalue weighted by molar-refractivity contribution is -0.153. The van der Waals surface area contributed by atoms with Gasteiger partial charge >= 0.3 is 5.97 Å². The molecule has 0 aliphatic heterocycles. The Hall–Kier alpha value is -0.530. The van der Waals surface area contributed by atoms with E-state index in [0.29, 0.717) is 10.8 Å². The van der Waals surface area contributed by atoms with Crippen LogP contribution in [0.25, 0.3) is 0 Å². The van der Waals surface area contributed by atoms with E-state index < -0.39 is 5.97 Å². The summed E-state index contributed by atoms with van der Waals surface area (Å²) in [4.78, 5) is 10.9. The number of hydrogen-bond donors (Lipinski definition) is 1. The summed E-state index contributed by atoms with van der Waals surface area (Å²) >= 11 is 0. The van der Waals surface area contributed by atoms with E-state index in [9.17, 15) is 4.79 Å². The average Bonchev–Trinajstić information content (AvgIpc) is 2.57. The highest BCUT2D eigenvalue weighted by molar-refractivity contribution is 5.75. The zero-order valence-corrected chi connectivity index (χ0v) is 7.18. The normalized spacial score (nSPS) is 54.8. The van der Waals surface area contributed by atoms with Crippen LogP contribution in [-0.4, -0.2) is 11.1 Å². The topological polar surface area (TPSA) is 37.3 Å². The van der Waals surface area contributed by atoms with Gasteiger partial charge in [-0.15, -0.1) is 0 Å². The minimum atomic E-state index is -0.537. The van der Waals surface area contributed by atoms with Crippen molar-refractivity contribution in [3.8, 4) is 0 Å². The van der Waals surface area contributed by atoms with Gasteiger partial charge in [0.1, 0.15) is 0 Å². The molecule has 3 fully saturated rings. The first-order chi connectivity index (χ1) is 5.70. The highest BCUT2D eigenvalue weighted by Crippen LogP contribution is 2.85. The van der Waals surface area contributed by atoms with E-state index in [0.717, 1.165) is 6.42 Å². The molecule has 0 aromatic rings. The summed E-state index contributed by atoms with van der Waals surface area (Å²) in [7, 11) is 0. The van der Waals surface area contributed by atoms with E-state index in [1.54, 1.807) is 0 Å². The molecule has 0 aromatic carbocycles. The van der Waals surface area contributed by atoms with Gasteiger partial charge in [-0.05, 0) is 36.5 Å². The Morgan fingerprint density at radius 1 is 1.33 bits per heavy atom. The molecule has 2 nitrogen and oxygen atoms in total. The van der Waals surface area contributed by atoms with Crippen molar-refractivity contribution in [2.45, 2.75) is 38.5 Å². The third-order valence-corrected chi connectivity index (χ3v) is 4.67. The summed E-state index contributed by atoms with van der Waals surface area (Å²) < 4.78 is 0. The van der Waals surface area contributed by atoms with E-state index in [1.807, 2.05) is 0 Å². The van der Waals surface area contributed by atoms with Crippen molar-refractivity contribution in [3.05, 3.63) is 0 Å². The highest BCUT2D eigenvalue weighted by atomic mass is 16.4. The lowest BCUT2D eigenvalue weighted by Gasteiger charge is -2.44. The molecule has 0 radical (unpaired) electrons. The van der Waals surface area contributed by atoms with Crippen molar-refractivity contribution < 1.29 is 9.90 Å². The van der Waals surface area contributed by atoms with Gasteiger partial charge < -0.3 is 5.11 Å². The molecular formula is C10H14O2. The van der Waals surface area contributed by atoms with Crippen LogP contribution in [0.3, 0.4) is 0 Å². The van der Waals surface area contributed by atoms with Crippen LogP contribution in [0.2, 0.25) is 0 Å². The summed E-state index contributed by atoms with van der Waals surface area (Å²) in [6.45, 7) is 0. The molecule has 66 valence electrons. The van der Waals surface area contributed by atoms with Crippen LogP contribution in [0.15, 0.2) is 0 Å². The Labute approximate surface area is 72.0 Å². The van der Waals surface area contributed by atoms with Gasteiger partial charge in [0.05, 0.1) is 5.92 Å². The van der Waals surface area contributed by atoms with Crippen LogP contribution in [0.1, 0.15) is 38.5 Å². The molecule has 0 spiro atoms. The van der Waals surface area contributed by atoms with Gasteiger partial charge in [0, 0.05) is 0 Å². The fourth-order valence-corrected chi connectivity index (χ4v) is 3.98. The molecule has 0 amide bonds. The highest BCUT2D eigenvalue weighted by Gasteiger charge is 2.80. The predicted molar refractivity (Wildman–Crippen MR) is 43.7 cm³/mol. The maximum Gasteiger partial charge on any atom is 0.307 e. The van der Waals surface area contributed by atoms with Crippen molar-refractivity contribution in [1.29, 1.82) is 0 Å². The number of rotatable bonds is 1. The molecule has 2 heteroatoms. The Morgan fingerprint density at radius 2 is 2.08 bits per heavy atom. The van der Waals surface area contributed by atoms with Gasteiger partial charge in [-0.1, -0.05) is 12.8 Å². The number of carboxylic acid groups (broad SMARTS) is 1. The monoisotopic (exact) mass is 166 g/mol. The molecule has 3 aliphatic rings. The van der Waals surface area contributed by atoms with Crippen LogP contribution in [0.5, 0.6) is 0 Å². The molecule has 0 heterocycles. The SMILES string of the molecule is O=C(O)[C@@H]1C[C@@]23CCCC[C@@]12C3. The Bertz CT molecular complexity index is 257. The number of carboxylic acids is 1. The van der Waals surface area contributed by atoms with E-state index in [4.69, 9.17) is 5.11 Å².